The maximum absolute atomic E-state index is 14.2. The average molecular weight is 436 g/mol. The van der Waals surface area contributed by atoms with Crippen molar-refractivity contribution < 1.29 is 14.3 Å². The number of ether oxygens (including phenoxy) is 2. The van der Waals surface area contributed by atoms with Crippen LogP contribution in [0.25, 0.3) is 0 Å². The van der Waals surface area contributed by atoms with E-state index in [0.717, 1.165) is 24.0 Å². The van der Waals surface area contributed by atoms with Crippen molar-refractivity contribution in [1.29, 1.82) is 0 Å². The van der Waals surface area contributed by atoms with E-state index in [1.807, 2.05) is 63.2 Å². The molecule has 0 aliphatic rings. The van der Waals surface area contributed by atoms with Crippen LogP contribution < -0.4 is 4.74 Å². The van der Waals surface area contributed by atoms with Gasteiger partial charge in [0, 0.05) is 11.5 Å². The van der Waals surface area contributed by atoms with Crippen LogP contribution >= 0.6 is 0 Å². The van der Waals surface area contributed by atoms with Crippen molar-refractivity contribution in [2.75, 3.05) is 7.11 Å². The monoisotopic (exact) mass is 435 g/mol. The Kier molecular flexibility index (Phi) is 7.33. The summed E-state index contributed by atoms with van der Waals surface area (Å²) in [6.07, 6.45) is 4.81. The minimum atomic E-state index is -1.08. The SMILES string of the molecule is CCCC(c1ccccc1)C(Cn1cncn1)(C(=O)OC(C)(C)C)c1ccccc1OC. The third-order valence-corrected chi connectivity index (χ3v) is 5.60. The largest absolute Gasteiger partial charge is 0.496 e. The van der Waals surface area contributed by atoms with Crippen LogP contribution in [-0.2, 0) is 21.5 Å². The molecule has 3 aromatic rings. The lowest BCUT2D eigenvalue weighted by Gasteiger charge is -2.41. The molecule has 2 unspecified atom stereocenters. The number of benzene rings is 2. The maximum atomic E-state index is 14.2. The summed E-state index contributed by atoms with van der Waals surface area (Å²) in [6.45, 7) is 8.09. The smallest absolute Gasteiger partial charge is 0.319 e. The maximum Gasteiger partial charge on any atom is 0.319 e. The first-order chi connectivity index (χ1) is 15.3. The van der Waals surface area contributed by atoms with E-state index >= 15 is 0 Å². The Morgan fingerprint density at radius 3 is 2.34 bits per heavy atom. The molecule has 0 amide bonds. The van der Waals surface area contributed by atoms with E-state index in [1.165, 1.54) is 6.33 Å². The molecule has 2 aromatic carbocycles. The molecular formula is C26H33N3O3. The van der Waals surface area contributed by atoms with Gasteiger partial charge >= 0.3 is 5.97 Å². The van der Waals surface area contributed by atoms with E-state index < -0.39 is 11.0 Å². The van der Waals surface area contributed by atoms with Gasteiger partial charge in [-0.3, -0.25) is 9.48 Å². The number of rotatable bonds is 9. The van der Waals surface area contributed by atoms with Crippen LogP contribution in [-0.4, -0.2) is 33.4 Å². The summed E-state index contributed by atoms with van der Waals surface area (Å²) in [7, 11) is 1.63. The molecule has 0 aliphatic heterocycles. The van der Waals surface area contributed by atoms with E-state index in [2.05, 4.69) is 29.1 Å². The molecule has 1 heterocycles. The summed E-state index contributed by atoms with van der Waals surface area (Å²) in [5.74, 6) is 0.187. The topological polar surface area (TPSA) is 66.2 Å². The molecule has 6 nitrogen and oxygen atoms in total. The first-order valence-corrected chi connectivity index (χ1v) is 11.1. The van der Waals surface area contributed by atoms with Gasteiger partial charge in [-0.05, 0) is 38.8 Å². The fraction of sp³-hybridized carbons (Fsp3) is 0.423. The zero-order chi connectivity index (χ0) is 23.2. The molecule has 0 aliphatic carbocycles. The van der Waals surface area contributed by atoms with Crippen molar-refractivity contribution in [1.82, 2.24) is 14.8 Å². The number of methoxy groups -OCH3 is 1. The quantitative estimate of drug-likeness (QED) is 0.435. The van der Waals surface area contributed by atoms with Crippen molar-refractivity contribution in [3.8, 4) is 5.75 Å². The summed E-state index contributed by atoms with van der Waals surface area (Å²) in [5, 5.41) is 4.35. The van der Waals surface area contributed by atoms with E-state index in [0.29, 0.717) is 5.75 Å². The molecule has 2 atom stereocenters. The minimum absolute atomic E-state index is 0.163. The molecule has 32 heavy (non-hydrogen) atoms. The van der Waals surface area contributed by atoms with Gasteiger partial charge in [0.25, 0.3) is 0 Å². The predicted octanol–water partition coefficient (Wildman–Crippen LogP) is 5.15. The van der Waals surface area contributed by atoms with Crippen LogP contribution in [0.2, 0.25) is 0 Å². The fourth-order valence-electron chi connectivity index (χ4n) is 4.32. The highest BCUT2D eigenvalue weighted by Crippen LogP contribution is 2.48. The second-order valence-electron chi connectivity index (χ2n) is 9.02. The highest BCUT2D eigenvalue weighted by molar-refractivity contribution is 5.86. The van der Waals surface area contributed by atoms with E-state index in [1.54, 1.807) is 18.1 Å². The molecular weight excluding hydrogens is 402 g/mol. The van der Waals surface area contributed by atoms with Gasteiger partial charge in [0.2, 0.25) is 0 Å². The van der Waals surface area contributed by atoms with Crippen LogP contribution in [0.4, 0.5) is 0 Å². The summed E-state index contributed by atoms with van der Waals surface area (Å²) < 4.78 is 13.6. The number of carbonyl (C=O) groups excluding carboxylic acids is 1. The normalized spacial score (nSPS) is 14.4. The highest BCUT2D eigenvalue weighted by Gasteiger charge is 2.52. The molecule has 0 radical (unpaired) electrons. The molecule has 0 saturated carbocycles. The average Bonchev–Trinajstić information content (AvgIpc) is 3.28. The molecule has 0 spiro atoms. The second-order valence-corrected chi connectivity index (χ2v) is 9.02. The lowest BCUT2D eigenvalue weighted by Crippen LogP contribution is -2.49. The third kappa shape index (κ3) is 5.01. The van der Waals surface area contributed by atoms with Gasteiger partial charge in [-0.2, -0.15) is 5.10 Å². The van der Waals surface area contributed by atoms with Crippen molar-refractivity contribution in [3.63, 3.8) is 0 Å². The molecule has 6 heteroatoms. The first-order valence-electron chi connectivity index (χ1n) is 11.1. The van der Waals surface area contributed by atoms with Crippen LogP contribution in [0.15, 0.2) is 67.3 Å². The van der Waals surface area contributed by atoms with Crippen molar-refractivity contribution in [3.05, 3.63) is 78.4 Å². The summed E-state index contributed by atoms with van der Waals surface area (Å²) in [5.41, 5.74) is 0.131. The standard InChI is InChI=1S/C26H33N3O3/c1-6-12-21(20-13-8-7-9-14-20)26(17-29-19-27-18-28-29,24(30)32-25(2,3)4)22-15-10-11-16-23(22)31-5/h7-11,13-16,18-19,21H,6,12,17H2,1-5H3. The number of carbonyl (C=O) groups is 1. The number of para-hydroxylation sites is 1. The van der Waals surface area contributed by atoms with Gasteiger partial charge in [0.05, 0.1) is 13.7 Å². The molecule has 0 fully saturated rings. The van der Waals surface area contributed by atoms with Gasteiger partial charge in [-0.1, -0.05) is 61.9 Å². The Bertz CT molecular complexity index is 997. The number of esters is 1. The fourth-order valence-corrected chi connectivity index (χ4v) is 4.32. The zero-order valence-corrected chi connectivity index (χ0v) is 19.6. The van der Waals surface area contributed by atoms with Crippen molar-refractivity contribution in [2.24, 2.45) is 0 Å². The molecule has 0 bridgehead atoms. The van der Waals surface area contributed by atoms with Crippen molar-refractivity contribution in [2.45, 2.75) is 64.0 Å². The van der Waals surface area contributed by atoms with Crippen molar-refractivity contribution >= 4 is 5.97 Å². The summed E-state index contributed by atoms with van der Waals surface area (Å²) in [6, 6.07) is 17.9. The van der Waals surface area contributed by atoms with Crippen LogP contribution in [0, 0.1) is 0 Å². The molecule has 3 rings (SSSR count). The molecule has 0 N–H and O–H groups in total. The zero-order valence-electron chi connectivity index (χ0n) is 19.6. The highest BCUT2D eigenvalue weighted by atomic mass is 16.6. The third-order valence-electron chi connectivity index (χ3n) is 5.60. The van der Waals surface area contributed by atoms with Gasteiger partial charge in [0.15, 0.2) is 0 Å². The second kappa shape index (κ2) is 9.98. The lowest BCUT2D eigenvalue weighted by molar-refractivity contribution is -0.164. The summed E-state index contributed by atoms with van der Waals surface area (Å²) in [4.78, 5) is 18.3. The Morgan fingerprint density at radius 1 is 1.06 bits per heavy atom. The number of hydrogen-bond donors (Lipinski definition) is 0. The first kappa shape index (κ1) is 23.5. The van der Waals surface area contributed by atoms with Crippen LogP contribution in [0.1, 0.15) is 57.6 Å². The van der Waals surface area contributed by atoms with Gasteiger partial charge in [-0.25, -0.2) is 4.98 Å². The Labute approximate surface area is 190 Å². The van der Waals surface area contributed by atoms with Crippen LogP contribution in [0.3, 0.4) is 0 Å². The van der Waals surface area contributed by atoms with E-state index in [4.69, 9.17) is 9.47 Å². The molecule has 170 valence electrons. The predicted molar refractivity (Wildman–Crippen MR) is 125 cm³/mol. The Balaban J connectivity index is 2.34. The summed E-state index contributed by atoms with van der Waals surface area (Å²) >= 11 is 0. The van der Waals surface area contributed by atoms with Gasteiger partial charge in [0.1, 0.15) is 29.4 Å². The Morgan fingerprint density at radius 2 is 1.75 bits per heavy atom. The van der Waals surface area contributed by atoms with Gasteiger partial charge < -0.3 is 9.47 Å². The number of hydrogen-bond acceptors (Lipinski definition) is 5. The number of aromatic nitrogens is 3. The lowest BCUT2D eigenvalue weighted by atomic mass is 9.65. The van der Waals surface area contributed by atoms with E-state index in [9.17, 15) is 4.79 Å². The van der Waals surface area contributed by atoms with Crippen LogP contribution in [0.5, 0.6) is 5.75 Å². The molecule has 1 aromatic heterocycles. The number of nitrogens with zero attached hydrogens (tertiary/aromatic N) is 3. The molecule has 0 saturated heterocycles. The minimum Gasteiger partial charge on any atom is -0.496 e. The van der Waals surface area contributed by atoms with E-state index in [-0.39, 0.29) is 18.4 Å². The Hall–Kier alpha value is -3.15. The van der Waals surface area contributed by atoms with Gasteiger partial charge in [-0.15, -0.1) is 0 Å².